The first-order chi connectivity index (χ1) is 16.8. The van der Waals surface area contributed by atoms with E-state index in [0.29, 0.717) is 6.04 Å². The summed E-state index contributed by atoms with van der Waals surface area (Å²) in [5, 5.41) is 11.0. The topological polar surface area (TPSA) is 140 Å². The van der Waals surface area contributed by atoms with Gasteiger partial charge in [-0.15, -0.1) is 0 Å². The molecule has 0 amide bonds. The van der Waals surface area contributed by atoms with Crippen LogP contribution in [0, 0.1) is 5.92 Å². The highest BCUT2D eigenvalue weighted by Gasteiger charge is 2.10. The maximum atomic E-state index is 5.71. The third-order valence-electron chi connectivity index (χ3n) is 6.75. The minimum Gasteiger partial charge on any atom is -0.330 e. The second-order valence-corrected chi connectivity index (χ2v) is 10.0. The van der Waals surface area contributed by atoms with Crippen LogP contribution in [0.4, 0.5) is 0 Å². The van der Waals surface area contributed by atoms with Crippen molar-refractivity contribution < 1.29 is 0 Å². The van der Waals surface area contributed by atoms with Gasteiger partial charge in [-0.1, -0.05) is 38.5 Å². The van der Waals surface area contributed by atoms with Crippen LogP contribution in [0.2, 0.25) is 0 Å². The average Bonchev–Trinajstić information content (AvgIpc) is 2.84. The van der Waals surface area contributed by atoms with Crippen molar-refractivity contribution in [2.75, 3.05) is 58.9 Å². The first-order valence-corrected chi connectivity index (χ1v) is 14.7. The number of unbranched alkanes of at least 4 members (excludes halogenated alkanes) is 6. The van der Waals surface area contributed by atoms with Crippen LogP contribution in [0.5, 0.6) is 0 Å². The predicted molar refractivity (Wildman–Crippen MR) is 151 cm³/mol. The Kier molecular flexibility index (Phi) is 28.7. The molecule has 0 rings (SSSR count). The van der Waals surface area contributed by atoms with Crippen molar-refractivity contribution in [2.24, 2.45) is 28.9 Å². The van der Waals surface area contributed by atoms with Crippen LogP contribution in [-0.2, 0) is 0 Å². The van der Waals surface area contributed by atoms with Crippen LogP contribution in [0.3, 0.4) is 0 Å². The van der Waals surface area contributed by atoms with E-state index in [1.165, 1.54) is 83.5 Å². The van der Waals surface area contributed by atoms with Gasteiger partial charge in [0.2, 0.25) is 0 Å². The summed E-state index contributed by atoms with van der Waals surface area (Å²) in [5.41, 5.74) is 22.6. The van der Waals surface area contributed by atoms with E-state index in [-0.39, 0.29) is 0 Å². The second-order valence-electron chi connectivity index (χ2n) is 10.0. The van der Waals surface area contributed by atoms with E-state index >= 15 is 0 Å². The second kappa shape index (κ2) is 29.0. The number of hydrogen-bond donors (Lipinski definition) is 7. The van der Waals surface area contributed by atoms with Crippen LogP contribution >= 0.6 is 0 Å². The van der Waals surface area contributed by atoms with Crippen molar-refractivity contribution in [3.63, 3.8) is 0 Å². The minimum atomic E-state index is 0.650. The van der Waals surface area contributed by atoms with E-state index in [0.717, 1.165) is 84.1 Å². The van der Waals surface area contributed by atoms with Crippen LogP contribution in [0.15, 0.2) is 0 Å². The van der Waals surface area contributed by atoms with Gasteiger partial charge in [0, 0.05) is 6.04 Å². The fourth-order valence-corrected chi connectivity index (χ4v) is 4.56. The number of nitrogens with one attached hydrogen (secondary N) is 3. The van der Waals surface area contributed by atoms with Gasteiger partial charge >= 0.3 is 0 Å². The van der Waals surface area contributed by atoms with Gasteiger partial charge < -0.3 is 38.9 Å². The summed E-state index contributed by atoms with van der Waals surface area (Å²) in [6.07, 6.45) is 20.0. The molecule has 0 aliphatic heterocycles. The Morgan fingerprint density at radius 1 is 0.412 bits per heavy atom. The summed E-state index contributed by atoms with van der Waals surface area (Å²) >= 11 is 0. The van der Waals surface area contributed by atoms with Crippen LogP contribution < -0.4 is 38.9 Å². The lowest BCUT2D eigenvalue weighted by Gasteiger charge is -2.20. The molecule has 0 bridgehead atoms. The molecule has 0 aromatic rings. The lowest BCUT2D eigenvalue weighted by atomic mass is 9.96. The molecule has 2 atom stereocenters. The van der Waals surface area contributed by atoms with Crippen molar-refractivity contribution >= 4 is 0 Å². The van der Waals surface area contributed by atoms with Crippen LogP contribution in [-0.4, -0.2) is 64.9 Å². The van der Waals surface area contributed by atoms with E-state index in [4.69, 9.17) is 22.9 Å². The van der Waals surface area contributed by atoms with Crippen LogP contribution in [0.1, 0.15) is 103 Å². The number of rotatable bonds is 29. The van der Waals surface area contributed by atoms with Gasteiger partial charge in [0.25, 0.3) is 0 Å². The summed E-state index contributed by atoms with van der Waals surface area (Å²) in [4.78, 5) is 0. The predicted octanol–water partition coefficient (Wildman–Crippen LogP) is 2.82. The molecule has 0 spiro atoms. The fourth-order valence-electron chi connectivity index (χ4n) is 4.56. The summed E-state index contributed by atoms with van der Waals surface area (Å²) in [7, 11) is 0. The molecule has 0 heterocycles. The Hall–Kier alpha value is -0.280. The molecule has 11 N–H and O–H groups in total. The summed E-state index contributed by atoms with van der Waals surface area (Å²) in [6.45, 7) is 8.69. The maximum Gasteiger partial charge on any atom is 0.00670 e. The smallest absolute Gasteiger partial charge is 0.00670 e. The molecule has 206 valence electrons. The molecular weight excluding hydrogens is 422 g/mol. The van der Waals surface area contributed by atoms with E-state index in [2.05, 4.69) is 16.0 Å². The van der Waals surface area contributed by atoms with Crippen molar-refractivity contribution in [2.45, 2.75) is 109 Å². The zero-order chi connectivity index (χ0) is 25.0. The highest BCUT2D eigenvalue weighted by atomic mass is 14.9. The van der Waals surface area contributed by atoms with E-state index in [1.54, 1.807) is 0 Å². The Bertz CT molecular complexity index is 337. The third kappa shape index (κ3) is 24.8. The molecule has 0 saturated heterocycles. The zero-order valence-electron chi connectivity index (χ0n) is 22.6. The highest BCUT2D eigenvalue weighted by Crippen LogP contribution is 2.15. The highest BCUT2D eigenvalue weighted by molar-refractivity contribution is 4.69. The Morgan fingerprint density at radius 3 is 1.65 bits per heavy atom. The molecule has 0 aromatic carbocycles. The summed E-state index contributed by atoms with van der Waals surface area (Å²) < 4.78 is 0. The quantitative estimate of drug-likeness (QED) is 0.0808. The first kappa shape index (κ1) is 33.7. The Labute approximate surface area is 212 Å². The van der Waals surface area contributed by atoms with Gasteiger partial charge in [-0.3, -0.25) is 0 Å². The zero-order valence-corrected chi connectivity index (χ0v) is 22.6. The first-order valence-electron chi connectivity index (χ1n) is 14.7. The molecule has 34 heavy (non-hydrogen) atoms. The lowest BCUT2D eigenvalue weighted by Crippen LogP contribution is -2.31. The summed E-state index contributed by atoms with van der Waals surface area (Å²) in [6, 6.07) is 0.650. The number of nitrogens with two attached hydrogens (primary N) is 4. The molecule has 7 heteroatoms. The largest absolute Gasteiger partial charge is 0.330 e. The molecule has 2 unspecified atom stereocenters. The standard InChI is InChI=1S/C27H63N7/c28-17-7-3-1-2-4-15-27(34-24-12-20-31)16-6-9-21-33-25-26(13-5-8-18-29)14-10-22-32-23-11-19-30/h26-27,32-34H,1-25,28-31H2. The van der Waals surface area contributed by atoms with Crippen molar-refractivity contribution in [1.82, 2.24) is 16.0 Å². The number of hydrogen-bond acceptors (Lipinski definition) is 7. The van der Waals surface area contributed by atoms with E-state index < -0.39 is 0 Å². The molecule has 7 nitrogen and oxygen atoms in total. The Morgan fingerprint density at radius 2 is 0.912 bits per heavy atom. The molecule has 0 radical (unpaired) electrons. The third-order valence-corrected chi connectivity index (χ3v) is 6.75. The normalized spacial score (nSPS) is 13.4. The molecule has 0 fully saturated rings. The van der Waals surface area contributed by atoms with E-state index in [9.17, 15) is 0 Å². The lowest BCUT2D eigenvalue weighted by molar-refractivity contribution is 0.381. The molecule has 0 aromatic heterocycles. The summed E-state index contributed by atoms with van der Waals surface area (Å²) in [5.74, 6) is 0.771. The van der Waals surface area contributed by atoms with Gasteiger partial charge in [-0.2, -0.15) is 0 Å². The van der Waals surface area contributed by atoms with E-state index in [1.807, 2.05) is 0 Å². The van der Waals surface area contributed by atoms with Crippen LogP contribution in [0.25, 0.3) is 0 Å². The molecule has 0 saturated carbocycles. The maximum absolute atomic E-state index is 5.71. The van der Waals surface area contributed by atoms with Crippen molar-refractivity contribution in [1.29, 1.82) is 0 Å². The molecule has 0 aliphatic carbocycles. The van der Waals surface area contributed by atoms with Gasteiger partial charge in [-0.05, 0) is 129 Å². The monoisotopic (exact) mass is 486 g/mol. The van der Waals surface area contributed by atoms with Crippen molar-refractivity contribution in [3.8, 4) is 0 Å². The van der Waals surface area contributed by atoms with Crippen molar-refractivity contribution in [3.05, 3.63) is 0 Å². The van der Waals surface area contributed by atoms with Gasteiger partial charge in [0.15, 0.2) is 0 Å². The van der Waals surface area contributed by atoms with Gasteiger partial charge in [-0.25, -0.2) is 0 Å². The van der Waals surface area contributed by atoms with Gasteiger partial charge in [0.05, 0.1) is 0 Å². The minimum absolute atomic E-state index is 0.650. The average molecular weight is 486 g/mol. The fraction of sp³-hybridized carbons (Fsp3) is 1.00. The molecular formula is C27H63N7. The molecule has 0 aliphatic rings. The Balaban J connectivity index is 4.02. The van der Waals surface area contributed by atoms with Gasteiger partial charge in [0.1, 0.15) is 0 Å². The SMILES string of the molecule is NCCCCCCCC(CCCCNCC(CCCCN)CCCNCCCN)NCCCN.